The van der Waals surface area contributed by atoms with Gasteiger partial charge in [0.15, 0.2) is 5.89 Å². The monoisotopic (exact) mass is 259 g/mol. The highest BCUT2D eigenvalue weighted by molar-refractivity contribution is 5.69. The first-order valence-corrected chi connectivity index (χ1v) is 6.23. The number of hydrogen-bond donors (Lipinski definition) is 1. The number of aromatic nitrogens is 1. The predicted molar refractivity (Wildman–Crippen MR) is 72.1 cm³/mol. The average Bonchev–Trinajstić information content (AvgIpc) is 2.67. The molecule has 0 aliphatic heterocycles. The Balaban J connectivity index is 2.40. The third-order valence-electron chi connectivity index (χ3n) is 3.01. The third-order valence-corrected chi connectivity index (χ3v) is 3.01. The molecule has 1 heterocycles. The molecule has 4 nitrogen and oxygen atoms in total. The Morgan fingerprint density at radius 1 is 1.32 bits per heavy atom. The van der Waals surface area contributed by atoms with Gasteiger partial charge in [0.1, 0.15) is 11.5 Å². The van der Waals surface area contributed by atoms with Gasteiger partial charge in [-0.05, 0) is 19.4 Å². The maximum atomic E-state index is 10.7. The fourth-order valence-corrected chi connectivity index (χ4v) is 2.15. The molecule has 0 bridgehead atoms. The van der Waals surface area contributed by atoms with E-state index in [9.17, 15) is 4.79 Å². The summed E-state index contributed by atoms with van der Waals surface area (Å²) >= 11 is 0. The van der Waals surface area contributed by atoms with Crippen molar-refractivity contribution in [3.8, 4) is 11.3 Å². The Morgan fingerprint density at radius 3 is 2.68 bits per heavy atom. The zero-order chi connectivity index (χ0) is 14.0. The molecule has 0 saturated carbocycles. The fraction of sp³-hybridized carbons (Fsp3) is 0.333. The molecule has 19 heavy (non-hydrogen) atoms. The van der Waals surface area contributed by atoms with Crippen LogP contribution in [0.3, 0.4) is 0 Å². The van der Waals surface area contributed by atoms with Crippen LogP contribution in [0, 0.1) is 20.8 Å². The number of benzene rings is 1. The van der Waals surface area contributed by atoms with E-state index in [1.165, 1.54) is 5.56 Å². The Hall–Kier alpha value is -2.10. The lowest BCUT2D eigenvalue weighted by atomic mass is 10.0. The highest BCUT2D eigenvalue weighted by Crippen LogP contribution is 2.28. The van der Waals surface area contributed by atoms with Crippen molar-refractivity contribution in [2.45, 2.75) is 33.6 Å². The molecule has 100 valence electrons. The van der Waals surface area contributed by atoms with E-state index in [1.54, 1.807) is 6.92 Å². The van der Waals surface area contributed by atoms with Crippen LogP contribution in [0.2, 0.25) is 0 Å². The van der Waals surface area contributed by atoms with Crippen LogP contribution in [0.15, 0.2) is 22.6 Å². The summed E-state index contributed by atoms with van der Waals surface area (Å²) in [5, 5.41) is 8.77. The van der Waals surface area contributed by atoms with Crippen LogP contribution in [-0.4, -0.2) is 16.1 Å². The van der Waals surface area contributed by atoms with E-state index < -0.39 is 5.97 Å². The molecule has 1 aromatic carbocycles. The average molecular weight is 259 g/mol. The van der Waals surface area contributed by atoms with Gasteiger partial charge in [0.05, 0.1) is 6.42 Å². The van der Waals surface area contributed by atoms with E-state index in [0.717, 1.165) is 16.8 Å². The summed E-state index contributed by atoms with van der Waals surface area (Å²) in [5.74, 6) is 0.378. The molecule has 2 rings (SSSR count). The van der Waals surface area contributed by atoms with Crippen molar-refractivity contribution < 1.29 is 14.3 Å². The Kier molecular flexibility index (Phi) is 3.69. The van der Waals surface area contributed by atoms with Gasteiger partial charge >= 0.3 is 5.97 Å². The molecule has 1 aromatic heterocycles. The minimum Gasteiger partial charge on any atom is -0.481 e. The molecule has 1 N–H and O–H groups in total. The van der Waals surface area contributed by atoms with Crippen LogP contribution >= 0.6 is 0 Å². The second kappa shape index (κ2) is 5.26. The zero-order valence-corrected chi connectivity index (χ0v) is 11.4. The number of carbonyl (C=O) groups is 1. The number of oxazole rings is 1. The molecular weight excluding hydrogens is 242 g/mol. The van der Waals surface area contributed by atoms with Gasteiger partial charge in [0.2, 0.25) is 0 Å². The van der Waals surface area contributed by atoms with Gasteiger partial charge in [-0.25, -0.2) is 4.98 Å². The fourth-order valence-electron chi connectivity index (χ4n) is 2.15. The van der Waals surface area contributed by atoms with Crippen LogP contribution in [0.1, 0.15) is 29.2 Å². The van der Waals surface area contributed by atoms with Crippen molar-refractivity contribution >= 4 is 5.97 Å². The second-order valence-corrected chi connectivity index (χ2v) is 4.72. The van der Waals surface area contributed by atoms with Crippen LogP contribution in [0.4, 0.5) is 0 Å². The third kappa shape index (κ3) is 3.02. The minimum atomic E-state index is -0.833. The van der Waals surface area contributed by atoms with Gasteiger partial charge in [0.25, 0.3) is 0 Å². The van der Waals surface area contributed by atoms with E-state index in [-0.39, 0.29) is 6.42 Å². The number of nitrogens with zero attached hydrogens (tertiary/aromatic N) is 1. The van der Waals surface area contributed by atoms with Crippen LogP contribution in [-0.2, 0) is 11.2 Å². The van der Waals surface area contributed by atoms with Gasteiger partial charge in [-0.3, -0.25) is 4.79 Å². The number of carboxylic acids is 1. The summed E-state index contributed by atoms with van der Waals surface area (Å²) < 4.78 is 5.53. The van der Waals surface area contributed by atoms with Gasteiger partial charge in [-0.2, -0.15) is 0 Å². The number of aliphatic carboxylic acids is 1. The molecular formula is C15H17NO3. The van der Waals surface area contributed by atoms with E-state index in [2.05, 4.69) is 11.1 Å². The summed E-state index contributed by atoms with van der Waals surface area (Å²) in [6, 6.07) is 6.11. The van der Waals surface area contributed by atoms with E-state index in [1.807, 2.05) is 26.0 Å². The topological polar surface area (TPSA) is 63.3 Å². The van der Waals surface area contributed by atoms with Gasteiger partial charge in [-0.1, -0.05) is 23.8 Å². The van der Waals surface area contributed by atoms with Gasteiger partial charge in [-0.15, -0.1) is 0 Å². The molecule has 0 saturated heterocycles. The van der Waals surface area contributed by atoms with Crippen molar-refractivity contribution in [1.82, 2.24) is 4.98 Å². The van der Waals surface area contributed by atoms with Gasteiger partial charge < -0.3 is 9.52 Å². The first-order valence-electron chi connectivity index (χ1n) is 6.23. The highest BCUT2D eigenvalue weighted by Gasteiger charge is 2.15. The maximum Gasteiger partial charge on any atom is 0.303 e. The molecule has 0 aliphatic rings. The van der Waals surface area contributed by atoms with Crippen molar-refractivity contribution in [2.24, 2.45) is 0 Å². The summed E-state index contributed by atoms with van der Waals surface area (Å²) in [5.41, 5.74) is 4.07. The quantitative estimate of drug-likeness (QED) is 0.915. The first kappa shape index (κ1) is 13.3. The largest absolute Gasteiger partial charge is 0.481 e. The number of aryl methyl sites for hydroxylation is 4. The standard InChI is InChI=1S/C15H17NO3/c1-9-4-5-12(10(2)8-9)15-13(6-7-14(17)18)19-11(3)16-15/h4-5,8H,6-7H2,1-3H3,(H,17,18). The van der Waals surface area contributed by atoms with Crippen LogP contribution < -0.4 is 0 Å². The Morgan fingerprint density at radius 2 is 2.05 bits per heavy atom. The lowest BCUT2D eigenvalue weighted by molar-refractivity contribution is -0.137. The van der Waals surface area contributed by atoms with Crippen molar-refractivity contribution in [1.29, 1.82) is 0 Å². The van der Waals surface area contributed by atoms with Gasteiger partial charge in [0, 0.05) is 18.9 Å². The molecule has 0 radical (unpaired) electrons. The first-order chi connectivity index (χ1) is 8.97. The molecule has 0 spiro atoms. The van der Waals surface area contributed by atoms with E-state index in [4.69, 9.17) is 9.52 Å². The number of rotatable bonds is 4. The lowest BCUT2D eigenvalue weighted by Gasteiger charge is -2.05. The molecule has 4 heteroatoms. The molecule has 0 fully saturated rings. The van der Waals surface area contributed by atoms with E-state index >= 15 is 0 Å². The minimum absolute atomic E-state index is 0.0482. The summed E-state index contributed by atoms with van der Waals surface area (Å²) in [4.78, 5) is 15.1. The number of carboxylic acid groups (broad SMARTS) is 1. The summed E-state index contributed by atoms with van der Waals surface area (Å²) in [7, 11) is 0. The molecule has 2 aromatic rings. The number of hydrogen-bond acceptors (Lipinski definition) is 3. The van der Waals surface area contributed by atoms with Crippen molar-refractivity contribution in [2.75, 3.05) is 0 Å². The zero-order valence-electron chi connectivity index (χ0n) is 11.4. The molecule has 0 unspecified atom stereocenters. The molecule has 0 aliphatic carbocycles. The van der Waals surface area contributed by atoms with E-state index in [0.29, 0.717) is 18.1 Å². The highest BCUT2D eigenvalue weighted by atomic mass is 16.4. The lowest BCUT2D eigenvalue weighted by Crippen LogP contribution is -1.98. The normalized spacial score (nSPS) is 10.7. The maximum absolute atomic E-state index is 10.7. The Labute approximate surface area is 112 Å². The second-order valence-electron chi connectivity index (χ2n) is 4.72. The summed E-state index contributed by atoms with van der Waals surface area (Å²) in [6.07, 6.45) is 0.408. The van der Waals surface area contributed by atoms with Crippen LogP contribution in [0.5, 0.6) is 0 Å². The van der Waals surface area contributed by atoms with Crippen molar-refractivity contribution in [3.05, 3.63) is 41.0 Å². The molecule has 0 amide bonds. The smallest absolute Gasteiger partial charge is 0.303 e. The van der Waals surface area contributed by atoms with Crippen LogP contribution in [0.25, 0.3) is 11.3 Å². The predicted octanol–water partition coefficient (Wildman–Crippen LogP) is 3.28. The SMILES string of the molecule is Cc1ccc(-c2nc(C)oc2CCC(=O)O)c(C)c1. The Bertz CT molecular complexity index is 614. The molecule has 0 atom stereocenters. The summed E-state index contributed by atoms with van der Waals surface area (Å²) in [6.45, 7) is 5.83. The van der Waals surface area contributed by atoms with Crippen molar-refractivity contribution in [3.63, 3.8) is 0 Å².